The SMILES string of the molecule is CCCCS(=O)(=O)N1CCN(C(=O)c2ccccc2C(=O)O)CC1. The quantitative estimate of drug-likeness (QED) is 0.830. The van der Waals surface area contributed by atoms with E-state index < -0.39 is 16.0 Å². The number of aromatic carboxylic acids is 1. The molecule has 7 nitrogen and oxygen atoms in total. The maximum Gasteiger partial charge on any atom is 0.336 e. The summed E-state index contributed by atoms with van der Waals surface area (Å²) in [6, 6.07) is 6.06. The Morgan fingerprint density at radius 1 is 1.08 bits per heavy atom. The average molecular weight is 354 g/mol. The van der Waals surface area contributed by atoms with Crippen molar-refractivity contribution >= 4 is 21.9 Å². The van der Waals surface area contributed by atoms with E-state index in [-0.39, 0.29) is 49.0 Å². The van der Waals surface area contributed by atoms with Crippen molar-refractivity contribution in [3.8, 4) is 0 Å². The number of carboxylic acids is 1. The first-order chi connectivity index (χ1) is 11.4. The van der Waals surface area contributed by atoms with Gasteiger partial charge in [0.15, 0.2) is 0 Å². The van der Waals surface area contributed by atoms with Crippen molar-refractivity contribution in [1.82, 2.24) is 9.21 Å². The minimum Gasteiger partial charge on any atom is -0.478 e. The van der Waals surface area contributed by atoms with Crippen molar-refractivity contribution in [2.45, 2.75) is 19.8 Å². The molecule has 1 aliphatic heterocycles. The van der Waals surface area contributed by atoms with Crippen molar-refractivity contribution in [3.63, 3.8) is 0 Å². The Kier molecular flexibility index (Phi) is 5.95. The number of amides is 1. The van der Waals surface area contributed by atoms with Gasteiger partial charge >= 0.3 is 5.97 Å². The fourth-order valence-electron chi connectivity index (χ4n) is 2.65. The van der Waals surface area contributed by atoms with Crippen molar-refractivity contribution < 1.29 is 23.1 Å². The number of hydrogen-bond donors (Lipinski definition) is 1. The highest BCUT2D eigenvalue weighted by molar-refractivity contribution is 7.89. The van der Waals surface area contributed by atoms with Crippen LogP contribution < -0.4 is 0 Å². The third-order valence-corrected chi connectivity index (χ3v) is 6.02. The highest BCUT2D eigenvalue weighted by Gasteiger charge is 2.30. The van der Waals surface area contributed by atoms with Gasteiger partial charge < -0.3 is 10.0 Å². The van der Waals surface area contributed by atoms with Gasteiger partial charge in [0.25, 0.3) is 5.91 Å². The zero-order valence-corrected chi connectivity index (χ0v) is 14.5. The highest BCUT2D eigenvalue weighted by atomic mass is 32.2. The number of benzene rings is 1. The van der Waals surface area contributed by atoms with Crippen molar-refractivity contribution in [1.29, 1.82) is 0 Å². The zero-order chi connectivity index (χ0) is 17.7. The minimum absolute atomic E-state index is 0.0412. The average Bonchev–Trinajstić information content (AvgIpc) is 2.59. The molecule has 1 amide bonds. The molecule has 0 saturated carbocycles. The van der Waals surface area contributed by atoms with Gasteiger partial charge in [0.1, 0.15) is 0 Å². The molecule has 2 rings (SSSR count). The summed E-state index contributed by atoms with van der Waals surface area (Å²) < 4.78 is 25.8. The van der Waals surface area contributed by atoms with E-state index in [0.29, 0.717) is 6.42 Å². The molecule has 0 atom stereocenters. The summed E-state index contributed by atoms with van der Waals surface area (Å²) in [6.45, 7) is 2.95. The summed E-state index contributed by atoms with van der Waals surface area (Å²) in [5.74, 6) is -1.41. The van der Waals surface area contributed by atoms with Crippen LogP contribution in [0.4, 0.5) is 0 Å². The lowest BCUT2D eigenvalue weighted by molar-refractivity contribution is 0.0656. The molecule has 24 heavy (non-hydrogen) atoms. The molecule has 1 fully saturated rings. The van der Waals surface area contributed by atoms with Crippen molar-refractivity contribution in [2.24, 2.45) is 0 Å². The van der Waals surface area contributed by atoms with Gasteiger partial charge in [0, 0.05) is 26.2 Å². The van der Waals surface area contributed by atoms with Crippen LogP contribution in [-0.4, -0.2) is 66.5 Å². The summed E-state index contributed by atoms with van der Waals surface area (Å²) in [5, 5.41) is 9.19. The Morgan fingerprint density at radius 2 is 1.67 bits per heavy atom. The Labute approximate surface area is 141 Å². The molecule has 0 spiro atoms. The lowest BCUT2D eigenvalue weighted by Crippen LogP contribution is -2.51. The van der Waals surface area contributed by atoms with Crippen LogP contribution in [0.3, 0.4) is 0 Å². The number of piperazine rings is 1. The first-order valence-corrected chi connectivity index (χ1v) is 9.57. The number of hydrogen-bond acceptors (Lipinski definition) is 4. The second kappa shape index (κ2) is 7.76. The van der Waals surface area contributed by atoms with E-state index in [1.54, 1.807) is 12.1 Å². The molecular formula is C16H22N2O5S. The number of sulfonamides is 1. The Balaban J connectivity index is 2.05. The van der Waals surface area contributed by atoms with E-state index in [4.69, 9.17) is 0 Å². The standard InChI is InChI=1S/C16H22N2O5S/c1-2-3-12-24(22,23)18-10-8-17(9-11-18)15(19)13-6-4-5-7-14(13)16(20)21/h4-7H,2-3,8-12H2,1H3,(H,20,21). The zero-order valence-electron chi connectivity index (χ0n) is 13.6. The molecule has 0 unspecified atom stereocenters. The number of carboxylic acid groups (broad SMARTS) is 1. The maximum atomic E-state index is 12.5. The van der Waals surface area contributed by atoms with Gasteiger partial charge in [-0.1, -0.05) is 25.5 Å². The number of carbonyl (C=O) groups is 2. The number of nitrogens with zero attached hydrogens (tertiary/aromatic N) is 2. The van der Waals surface area contributed by atoms with Gasteiger partial charge in [-0.05, 0) is 18.6 Å². The molecule has 1 saturated heterocycles. The molecule has 1 heterocycles. The van der Waals surface area contributed by atoms with Gasteiger partial charge in [0.05, 0.1) is 16.9 Å². The first-order valence-electron chi connectivity index (χ1n) is 7.96. The van der Waals surface area contributed by atoms with Crippen molar-refractivity contribution in [2.75, 3.05) is 31.9 Å². The second-order valence-corrected chi connectivity index (χ2v) is 7.80. The van der Waals surface area contributed by atoms with E-state index in [0.717, 1.165) is 6.42 Å². The molecule has 1 aromatic carbocycles. The molecule has 0 aromatic heterocycles. The molecule has 132 valence electrons. The lowest BCUT2D eigenvalue weighted by Gasteiger charge is -2.34. The van der Waals surface area contributed by atoms with Crippen LogP contribution in [0.2, 0.25) is 0 Å². The Hall–Kier alpha value is -1.93. The van der Waals surface area contributed by atoms with Crippen LogP contribution in [0.1, 0.15) is 40.5 Å². The molecule has 0 aliphatic carbocycles. The van der Waals surface area contributed by atoms with Gasteiger partial charge in [-0.25, -0.2) is 13.2 Å². The van der Waals surface area contributed by atoms with Crippen LogP contribution in [-0.2, 0) is 10.0 Å². The summed E-state index contributed by atoms with van der Waals surface area (Å²) in [4.78, 5) is 25.3. The van der Waals surface area contributed by atoms with Crippen LogP contribution in [0.25, 0.3) is 0 Å². The summed E-state index contributed by atoms with van der Waals surface area (Å²) in [5.41, 5.74) is 0.0905. The second-order valence-electron chi connectivity index (χ2n) is 5.71. The number of carbonyl (C=O) groups excluding carboxylic acids is 1. The normalized spacial score (nSPS) is 16.1. The Morgan fingerprint density at radius 3 is 2.21 bits per heavy atom. The maximum absolute atomic E-state index is 12.5. The topological polar surface area (TPSA) is 95.0 Å². The molecular weight excluding hydrogens is 332 g/mol. The van der Waals surface area contributed by atoms with Crippen LogP contribution in [0, 0.1) is 0 Å². The largest absolute Gasteiger partial charge is 0.478 e. The predicted octanol–water partition coefficient (Wildman–Crippen LogP) is 1.27. The number of unbranched alkanes of at least 4 members (excludes halogenated alkanes) is 1. The molecule has 1 aromatic rings. The highest BCUT2D eigenvalue weighted by Crippen LogP contribution is 2.15. The van der Waals surface area contributed by atoms with Crippen LogP contribution in [0.15, 0.2) is 24.3 Å². The number of rotatable bonds is 6. The lowest BCUT2D eigenvalue weighted by atomic mass is 10.1. The third-order valence-electron chi connectivity index (χ3n) is 4.06. The van der Waals surface area contributed by atoms with E-state index >= 15 is 0 Å². The van der Waals surface area contributed by atoms with Gasteiger partial charge in [-0.3, -0.25) is 4.79 Å². The fraction of sp³-hybridized carbons (Fsp3) is 0.500. The molecule has 1 aliphatic rings. The monoisotopic (exact) mass is 354 g/mol. The molecule has 0 bridgehead atoms. The van der Waals surface area contributed by atoms with Gasteiger partial charge in [-0.15, -0.1) is 0 Å². The predicted molar refractivity (Wildman–Crippen MR) is 89.6 cm³/mol. The molecule has 8 heteroatoms. The third kappa shape index (κ3) is 4.12. The minimum atomic E-state index is -3.28. The summed E-state index contributed by atoms with van der Waals surface area (Å²) in [6.07, 6.45) is 1.43. The van der Waals surface area contributed by atoms with Gasteiger partial charge in [0.2, 0.25) is 10.0 Å². The van der Waals surface area contributed by atoms with Crippen LogP contribution in [0.5, 0.6) is 0 Å². The van der Waals surface area contributed by atoms with E-state index in [1.165, 1.54) is 21.3 Å². The van der Waals surface area contributed by atoms with Crippen LogP contribution >= 0.6 is 0 Å². The fourth-order valence-corrected chi connectivity index (χ4v) is 4.28. The van der Waals surface area contributed by atoms with E-state index in [2.05, 4.69) is 0 Å². The summed E-state index contributed by atoms with van der Waals surface area (Å²) in [7, 11) is -3.28. The van der Waals surface area contributed by atoms with E-state index in [9.17, 15) is 23.1 Å². The molecule has 1 N–H and O–H groups in total. The molecule has 0 radical (unpaired) electrons. The Bertz CT molecular complexity index is 709. The van der Waals surface area contributed by atoms with E-state index in [1.807, 2.05) is 6.92 Å². The summed E-state index contributed by atoms with van der Waals surface area (Å²) >= 11 is 0. The van der Waals surface area contributed by atoms with Gasteiger partial charge in [-0.2, -0.15) is 4.31 Å². The van der Waals surface area contributed by atoms with Crippen molar-refractivity contribution in [3.05, 3.63) is 35.4 Å². The smallest absolute Gasteiger partial charge is 0.336 e. The first kappa shape index (κ1) is 18.4.